The number of hydrogen-bond donors (Lipinski definition) is 2. The number of pyridine rings is 1. The molecule has 2 N–H and O–H groups in total. The van der Waals surface area contributed by atoms with Crippen molar-refractivity contribution in [3.05, 3.63) is 83.6 Å². The number of nitrogens with one attached hydrogen (secondary N) is 1. The fraction of sp³-hybridized carbons (Fsp3) is 0.375. The number of likely N-dealkylation sites (tertiary alicyclic amines) is 1. The molecule has 1 saturated heterocycles. The first-order chi connectivity index (χ1) is 21.4. The number of sulfone groups is 1. The van der Waals surface area contributed by atoms with E-state index in [4.69, 9.17) is 4.98 Å². The van der Waals surface area contributed by atoms with Crippen LogP contribution in [-0.2, 0) is 22.0 Å². The molecule has 5 heterocycles. The molecule has 4 aromatic heterocycles. The van der Waals surface area contributed by atoms with Crippen LogP contribution in [0.3, 0.4) is 0 Å². The minimum Gasteiger partial charge on any atom is -0.384 e. The highest BCUT2D eigenvalue weighted by Gasteiger charge is 2.23. The zero-order valence-electron chi connectivity index (χ0n) is 25.7. The Morgan fingerprint density at radius 3 is 2.62 bits per heavy atom. The molecule has 1 fully saturated rings. The highest BCUT2D eigenvalue weighted by molar-refractivity contribution is 7.90. The molecule has 1 aliphatic rings. The van der Waals surface area contributed by atoms with Crippen molar-refractivity contribution in [3.8, 4) is 5.82 Å². The van der Waals surface area contributed by atoms with Gasteiger partial charge in [-0.15, -0.1) is 6.58 Å². The van der Waals surface area contributed by atoms with Crippen LogP contribution in [0.2, 0.25) is 0 Å². The molecule has 0 atom stereocenters. The van der Waals surface area contributed by atoms with Gasteiger partial charge in [0.15, 0.2) is 11.5 Å². The topological polar surface area (TPSA) is 140 Å². The Balaban J connectivity index is 1.26. The van der Waals surface area contributed by atoms with Crippen LogP contribution in [0.15, 0.2) is 72.3 Å². The van der Waals surface area contributed by atoms with Crippen LogP contribution in [0.5, 0.6) is 0 Å². The average Bonchev–Trinajstić information content (AvgIpc) is 3.54. The molecule has 13 heteroatoms. The molecule has 1 aliphatic heterocycles. The Hall–Kier alpha value is -4.33. The zero-order valence-corrected chi connectivity index (χ0v) is 26.5. The van der Waals surface area contributed by atoms with Crippen molar-refractivity contribution in [1.82, 2.24) is 33.8 Å². The van der Waals surface area contributed by atoms with E-state index in [0.29, 0.717) is 41.1 Å². The molecular formula is C32H38N8O4S. The SMILES string of the molecule is C=CCn1c(=O)c2cnc(Nc3ccc4c(ccn4C4CCN(CCS(C)(=O)=O)CC4)c3)nc2n1-c1cccc(C(C)(C)O)n1. The van der Waals surface area contributed by atoms with E-state index in [9.17, 15) is 18.3 Å². The Bertz CT molecular complexity index is 2050. The summed E-state index contributed by atoms with van der Waals surface area (Å²) in [6.45, 7) is 9.68. The molecule has 0 spiro atoms. The Morgan fingerprint density at radius 2 is 1.91 bits per heavy atom. The van der Waals surface area contributed by atoms with Crippen molar-refractivity contribution >= 4 is 43.4 Å². The number of fused-ring (bicyclic) bond motifs is 2. The van der Waals surface area contributed by atoms with E-state index < -0.39 is 15.4 Å². The van der Waals surface area contributed by atoms with E-state index in [1.54, 1.807) is 42.8 Å². The molecule has 0 unspecified atom stereocenters. The van der Waals surface area contributed by atoms with Gasteiger partial charge in [0.1, 0.15) is 20.8 Å². The number of benzene rings is 1. The summed E-state index contributed by atoms with van der Waals surface area (Å²) in [6.07, 6.45) is 8.47. The third kappa shape index (κ3) is 6.42. The minimum absolute atomic E-state index is 0.196. The predicted octanol–water partition coefficient (Wildman–Crippen LogP) is 3.77. The van der Waals surface area contributed by atoms with E-state index in [1.165, 1.54) is 17.1 Å². The van der Waals surface area contributed by atoms with E-state index in [1.807, 2.05) is 12.1 Å². The van der Waals surface area contributed by atoms with Crippen LogP contribution in [0.25, 0.3) is 27.8 Å². The molecule has 0 saturated carbocycles. The Kier molecular flexibility index (Phi) is 8.10. The summed E-state index contributed by atoms with van der Waals surface area (Å²) in [5, 5.41) is 15.3. The van der Waals surface area contributed by atoms with Crippen LogP contribution in [-0.4, -0.2) is 78.9 Å². The van der Waals surface area contributed by atoms with Crippen LogP contribution in [0.4, 0.5) is 11.6 Å². The number of hydrogen-bond acceptors (Lipinski definition) is 9. The lowest BCUT2D eigenvalue weighted by Gasteiger charge is -2.33. The van der Waals surface area contributed by atoms with Crippen LogP contribution in [0.1, 0.15) is 38.4 Å². The number of piperidine rings is 1. The van der Waals surface area contributed by atoms with Gasteiger partial charge in [-0.1, -0.05) is 12.1 Å². The monoisotopic (exact) mass is 630 g/mol. The maximum atomic E-state index is 13.3. The zero-order chi connectivity index (χ0) is 31.9. The summed E-state index contributed by atoms with van der Waals surface area (Å²) in [5.74, 6) is 0.963. The summed E-state index contributed by atoms with van der Waals surface area (Å²) in [5.41, 5.74) is 1.34. The molecule has 0 aliphatic carbocycles. The van der Waals surface area contributed by atoms with Gasteiger partial charge in [0.05, 0.1) is 18.0 Å². The van der Waals surface area contributed by atoms with Crippen LogP contribution in [0, 0.1) is 0 Å². The molecule has 236 valence electrons. The fourth-order valence-electron chi connectivity index (χ4n) is 5.90. The minimum atomic E-state index is -2.96. The number of anilines is 2. The maximum Gasteiger partial charge on any atom is 0.278 e. The van der Waals surface area contributed by atoms with Crippen molar-refractivity contribution in [3.63, 3.8) is 0 Å². The quantitative estimate of drug-likeness (QED) is 0.221. The third-order valence-electron chi connectivity index (χ3n) is 8.26. The first-order valence-electron chi connectivity index (χ1n) is 15.0. The number of allylic oxidation sites excluding steroid dienone is 1. The van der Waals surface area contributed by atoms with Crippen molar-refractivity contribution in [2.24, 2.45) is 0 Å². The van der Waals surface area contributed by atoms with E-state index >= 15 is 0 Å². The second-order valence-corrected chi connectivity index (χ2v) is 14.4. The predicted molar refractivity (Wildman–Crippen MR) is 176 cm³/mol. The standard InChI is InChI=1S/C32H38N8O4S/c1-5-14-39-30(41)25-21-33-31(36-29(25)40(39)28-8-6-7-27(35-28)32(2,3)42)34-23-9-10-26-22(20-23)11-17-38(26)24-12-15-37(16-13-24)18-19-45(4,43)44/h5-11,17,20-21,24,42H,1,12-16,18-19H2,2-4H3,(H,33,34,36). The molecular weight excluding hydrogens is 592 g/mol. The number of nitrogens with zero attached hydrogens (tertiary/aromatic N) is 7. The Morgan fingerprint density at radius 1 is 1.13 bits per heavy atom. The lowest BCUT2D eigenvalue weighted by atomic mass is 10.0. The largest absolute Gasteiger partial charge is 0.384 e. The average molecular weight is 631 g/mol. The number of rotatable bonds is 10. The molecule has 0 bridgehead atoms. The normalized spacial score (nSPS) is 15.2. The maximum absolute atomic E-state index is 13.3. The molecule has 45 heavy (non-hydrogen) atoms. The first-order valence-corrected chi connectivity index (χ1v) is 17.0. The second-order valence-electron chi connectivity index (χ2n) is 12.2. The lowest BCUT2D eigenvalue weighted by molar-refractivity contribution is 0.0738. The van der Waals surface area contributed by atoms with Crippen molar-refractivity contribution in [2.45, 2.75) is 44.9 Å². The lowest BCUT2D eigenvalue weighted by Crippen LogP contribution is -2.37. The molecule has 0 radical (unpaired) electrons. The van der Waals surface area contributed by atoms with Gasteiger partial charge in [-0.2, -0.15) is 4.98 Å². The van der Waals surface area contributed by atoms with Crippen LogP contribution < -0.4 is 10.9 Å². The van der Waals surface area contributed by atoms with Gasteiger partial charge in [-0.3, -0.25) is 4.79 Å². The van der Waals surface area contributed by atoms with E-state index in [2.05, 4.69) is 49.7 Å². The summed E-state index contributed by atoms with van der Waals surface area (Å²) >= 11 is 0. The van der Waals surface area contributed by atoms with Crippen molar-refractivity contribution in [1.29, 1.82) is 0 Å². The summed E-state index contributed by atoms with van der Waals surface area (Å²) in [4.78, 5) is 29.4. The third-order valence-corrected chi connectivity index (χ3v) is 9.19. The number of aliphatic hydroxyl groups is 1. The summed E-state index contributed by atoms with van der Waals surface area (Å²) < 4.78 is 28.6. The van der Waals surface area contributed by atoms with Gasteiger partial charge < -0.3 is 19.9 Å². The van der Waals surface area contributed by atoms with Gasteiger partial charge in [0.25, 0.3) is 5.56 Å². The second kappa shape index (κ2) is 11.9. The first kappa shape index (κ1) is 30.7. The van der Waals surface area contributed by atoms with E-state index in [-0.39, 0.29) is 17.9 Å². The number of aromatic nitrogens is 6. The highest BCUT2D eigenvalue weighted by atomic mass is 32.2. The van der Waals surface area contributed by atoms with Crippen molar-refractivity contribution < 1.29 is 13.5 Å². The van der Waals surface area contributed by atoms with Crippen molar-refractivity contribution in [2.75, 3.05) is 37.0 Å². The molecule has 0 amide bonds. The fourth-order valence-corrected chi connectivity index (χ4v) is 6.49. The van der Waals surface area contributed by atoms with Gasteiger partial charge in [-0.05, 0) is 63.1 Å². The summed E-state index contributed by atoms with van der Waals surface area (Å²) in [6, 6.07) is 13.8. The van der Waals surface area contributed by atoms with Gasteiger partial charge in [0.2, 0.25) is 5.95 Å². The van der Waals surface area contributed by atoms with E-state index in [0.717, 1.165) is 42.5 Å². The highest BCUT2D eigenvalue weighted by Crippen LogP contribution is 2.30. The van der Waals surface area contributed by atoms with Gasteiger partial charge >= 0.3 is 0 Å². The van der Waals surface area contributed by atoms with Gasteiger partial charge in [0, 0.05) is 60.9 Å². The van der Waals surface area contributed by atoms with Gasteiger partial charge in [-0.25, -0.2) is 27.7 Å². The summed E-state index contributed by atoms with van der Waals surface area (Å²) in [7, 11) is -2.96. The molecule has 1 aromatic carbocycles. The molecule has 5 aromatic rings. The Labute approximate surface area is 261 Å². The van der Waals surface area contributed by atoms with Crippen LogP contribution >= 0.6 is 0 Å². The molecule has 12 nitrogen and oxygen atoms in total. The smallest absolute Gasteiger partial charge is 0.278 e. The molecule has 6 rings (SSSR count).